The molecule has 0 fully saturated rings. The van der Waals surface area contributed by atoms with E-state index in [2.05, 4.69) is 10.3 Å². The number of nitrogens with zero attached hydrogens (tertiary/aromatic N) is 2. The van der Waals surface area contributed by atoms with E-state index in [1.165, 1.54) is 6.07 Å². The van der Waals surface area contributed by atoms with Gasteiger partial charge in [-0.3, -0.25) is 4.98 Å². The van der Waals surface area contributed by atoms with Crippen LogP contribution in [0.1, 0.15) is 18.7 Å². The van der Waals surface area contributed by atoms with Gasteiger partial charge in [0.15, 0.2) is 0 Å². The molecule has 0 aliphatic rings. The lowest BCUT2D eigenvalue weighted by Gasteiger charge is -2.27. The number of aromatic nitrogens is 1. The molecular formula is C13H20F3N3. The summed E-state index contributed by atoms with van der Waals surface area (Å²) in [5.41, 5.74) is 0.710. The second-order valence-electron chi connectivity index (χ2n) is 4.76. The standard InChI is InChI=1S/C13H20F3N3/c1-9(7-19(3)8-12(15)16)13(17-2)11-5-4-10(14)6-18-11/h4-6,9,12-13,17H,7-8H2,1-3H3. The number of alkyl halides is 2. The highest BCUT2D eigenvalue weighted by Crippen LogP contribution is 2.20. The summed E-state index contributed by atoms with van der Waals surface area (Å²) in [6.45, 7) is 2.21. The van der Waals surface area contributed by atoms with Crippen LogP contribution in [-0.2, 0) is 0 Å². The number of halogens is 3. The molecule has 0 aromatic carbocycles. The number of hydrogen-bond donors (Lipinski definition) is 1. The molecule has 1 rings (SSSR count). The van der Waals surface area contributed by atoms with Gasteiger partial charge in [0.2, 0.25) is 0 Å². The van der Waals surface area contributed by atoms with Crippen LogP contribution in [0.4, 0.5) is 13.2 Å². The molecule has 1 heterocycles. The normalized spacial score (nSPS) is 14.9. The highest BCUT2D eigenvalue weighted by atomic mass is 19.3. The summed E-state index contributed by atoms with van der Waals surface area (Å²) < 4.78 is 37.4. The van der Waals surface area contributed by atoms with Crippen LogP contribution in [0.15, 0.2) is 18.3 Å². The molecular weight excluding hydrogens is 255 g/mol. The predicted octanol–water partition coefficient (Wildman–Crippen LogP) is 2.31. The van der Waals surface area contributed by atoms with Crippen LogP contribution in [0, 0.1) is 11.7 Å². The lowest BCUT2D eigenvalue weighted by Crippen LogP contribution is -2.35. The Bertz CT molecular complexity index is 370. The lowest BCUT2D eigenvalue weighted by molar-refractivity contribution is 0.0911. The van der Waals surface area contributed by atoms with Gasteiger partial charge in [-0.15, -0.1) is 0 Å². The Morgan fingerprint density at radius 1 is 1.32 bits per heavy atom. The summed E-state index contributed by atoms with van der Waals surface area (Å²) >= 11 is 0. The van der Waals surface area contributed by atoms with Gasteiger partial charge in [0, 0.05) is 6.54 Å². The van der Waals surface area contributed by atoms with Gasteiger partial charge in [-0.05, 0) is 32.1 Å². The largest absolute Gasteiger partial charge is 0.311 e. The van der Waals surface area contributed by atoms with Crippen LogP contribution in [0.2, 0.25) is 0 Å². The van der Waals surface area contributed by atoms with Crippen molar-refractivity contribution >= 4 is 0 Å². The topological polar surface area (TPSA) is 28.2 Å². The van der Waals surface area contributed by atoms with E-state index in [0.29, 0.717) is 12.2 Å². The van der Waals surface area contributed by atoms with Gasteiger partial charge in [-0.1, -0.05) is 6.92 Å². The van der Waals surface area contributed by atoms with E-state index in [1.54, 1.807) is 25.1 Å². The highest BCUT2D eigenvalue weighted by molar-refractivity contribution is 5.10. The van der Waals surface area contributed by atoms with Crippen molar-refractivity contribution in [1.29, 1.82) is 0 Å². The molecule has 19 heavy (non-hydrogen) atoms. The van der Waals surface area contributed by atoms with Gasteiger partial charge in [-0.2, -0.15) is 0 Å². The van der Waals surface area contributed by atoms with Crippen LogP contribution in [0.3, 0.4) is 0 Å². The molecule has 1 aromatic heterocycles. The average Bonchev–Trinajstić information content (AvgIpc) is 2.31. The Labute approximate surface area is 111 Å². The van der Waals surface area contributed by atoms with Crippen LogP contribution in [-0.4, -0.2) is 43.5 Å². The molecule has 0 saturated carbocycles. The van der Waals surface area contributed by atoms with Crippen molar-refractivity contribution in [1.82, 2.24) is 15.2 Å². The Morgan fingerprint density at radius 3 is 2.47 bits per heavy atom. The summed E-state index contributed by atoms with van der Waals surface area (Å²) in [7, 11) is 3.44. The molecule has 0 amide bonds. The van der Waals surface area contributed by atoms with Crippen molar-refractivity contribution in [3.63, 3.8) is 0 Å². The Balaban J connectivity index is 2.66. The van der Waals surface area contributed by atoms with Crippen molar-refractivity contribution in [2.24, 2.45) is 5.92 Å². The van der Waals surface area contributed by atoms with Gasteiger partial charge in [0.05, 0.1) is 24.5 Å². The van der Waals surface area contributed by atoms with Crippen LogP contribution >= 0.6 is 0 Å². The maximum absolute atomic E-state index is 12.8. The molecule has 0 spiro atoms. The summed E-state index contributed by atoms with van der Waals surface area (Å²) in [4.78, 5) is 5.62. The average molecular weight is 275 g/mol. The number of rotatable bonds is 7. The Hall–Kier alpha value is -1.14. The first-order valence-corrected chi connectivity index (χ1v) is 6.19. The minimum Gasteiger partial charge on any atom is -0.311 e. The fourth-order valence-corrected chi connectivity index (χ4v) is 2.20. The van der Waals surface area contributed by atoms with Gasteiger partial charge in [-0.25, -0.2) is 13.2 Å². The van der Waals surface area contributed by atoms with Crippen molar-refractivity contribution in [2.75, 3.05) is 27.2 Å². The Kier molecular flexibility index (Phi) is 6.24. The maximum atomic E-state index is 12.8. The first-order chi connectivity index (χ1) is 8.93. The molecule has 108 valence electrons. The summed E-state index contributed by atoms with van der Waals surface area (Å²) in [6, 6.07) is 2.86. The third kappa shape index (κ3) is 5.16. The molecule has 0 aliphatic carbocycles. The van der Waals surface area contributed by atoms with Crippen LogP contribution in [0.5, 0.6) is 0 Å². The van der Waals surface area contributed by atoms with E-state index in [0.717, 1.165) is 6.20 Å². The molecule has 0 radical (unpaired) electrons. The van der Waals surface area contributed by atoms with E-state index in [-0.39, 0.29) is 24.3 Å². The summed E-state index contributed by atoms with van der Waals surface area (Å²) in [5.74, 6) is -0.312. The molecule has 1 N–H and O–H groups in total. The minimum atomic E-state index is -2.34. The molecule has 0 saturated heterocycles. The first-order valence-electron chi connectivity index (χ1n) is 6.19. The number of nitrogens with one attached hydrogen (secondary N) is 1. The van der Waals surface area contributed by atoms with E-state index in [9.17, 15) is 13.2 Å². The van der Waals surface area contributed by atoms with Gasteiger partial charge in [0.1, 0.15) is 5.82 Å². The lowest BCUT2D eigenvalue weighted by atomic mass is 9.98. The van der Waals surface area contributed by atoms with Crippen LogP contribution < -0.4 is 5.32 Å². The van der Waals surface area contributed by atoms with Crippen molar-refractivity contribution in [3.05, 3.63) is 29.8 Å². The highest BCUT2D eigenvalue weighted by Gasteiger charge is 2.21. The summed E-state index contributed by atoms with van der Waals surface area (Å²) in [5, 5.41) is 3.10. The molecule has 6 heteroatoms. The zero-order valence-electron chi connectivity index (χ0n) is 11.4. The molecule has 2 atom stereocenters. The second kappa shape index (κ2) is 7.45. The predicted molar refractivity (Wildman–Crippen MR) is 68.7 cm³/mol. The van der Waals surface area contributed by atoms with Gasteiger partial charge >= 0.3 is 0 Å². The van der Waals surface area contributed by atoms with Gasteiger partial charge in [0.25, 0.3) is 6.43 Å². The zero-order chi connectivity index (χ0) is 14.4. The number of hydrogen-bond acceptors (Lipinski definition) is 3. The van der Waals surface area contributed by atoms with Crippen LogP contribution in [0.25, 0.3) is 0 Å². The van der Waals surface area contributed by atoms with Crippen molar-refractivity contribution in [3.8, 4) is 0 Å². The minimum absolute atomic E-state index is 0.0757. The van der Waals surface area contributed by atoms with Gasteiger partial charge < -0.3 is 10.2 Å². The van der Waals surface area contributed by atoms with Crippen molar-refractivity contribution < 1.29 is 13.2 Å². The van der Waals surface area contributed by atoms with E-state index < -0.39 is 6.43 Å². The van der Waals surface area contributed by atoms with E-state index >= 15 is 0 Å². The monoisotopic (exact) mass is 275 g/mol. The first kappa shape index (κ1) is 15.9. The molecule has 3 nitrogen and oxygen atoms in total. The molecule has 1 aromatic rings. The molecule has 0 bridgehead atoms. The summed E-state index contributed by atoms with van der Waals surface area (Å²) in [6.07, 6.45) is -1.18. The quantitative estimate of drug-likeness (QED) is 0.827. The zero-order valence-corrected chi connectivity index (χ0v) is 11.4. The fraction of sp³-hybridized carbons (Fsp3) is 0.615. The SMILES string of the molecule is CNC(c1ccc(F)cn1)C(C)CN(C)CC(F)F. The fourth-order valence-electron chi connectivity index (χ4n) is 2.20. The van der Waals surface area contributed by atoms with E-state index in [1.807, 2.05) is 6.92 Å². The number of pyridine rings is 1. The van der Waals surface area contributed by atoms with Crippen molar-refractivity contribution in [2.45, 2.75) is 19.4 Å². The molecule has 0 aliphatic heterocycles. The third-order valence-corrected chi connectivity index (χ3v) is 3.00. The Morgan fingerprint density at radius 2 is 2.00 bits per heavy atom. The third-order valence-electron chi connectivity index (χ3n) is 3.00. The van der Waals surface area contributed by atoms with E-state index in [4.69, 9.17) is 0 Å². The molecule has 2 unspecified atom stereocenters. The second-order valence-corrected chi connectivity index (χ2v) is 4.76. The smallest absolute Gasteiger partial charge is 0.251 e. The maximum Gasteiger partial charge on any atom is 0.251 e.